The molecule has 0 aromatic heterocycles. The second-order valence-electron chi connectivity index (χ2n) is 4.13. The molecule has 116 valence electrons. The molecule has 0 atom stereocenters. The van der Waals surface area contributed by atoms with Crippen LogP contribution in [-0.4, -0.2) is 29.5 Å². The van der Waals surface area contributed by atoms with E-state index in [-0.39, 0.29) is 5.12 Å². The summed E-state index contributed by atoms with van der Waals surface area (Å²) >= 11 is 8.81. The lowest BCUT2D eigenvalue weighted by Crippen LogP contribution is -1.93. The van der Waals surface area contributed by atoms with Gasteiger partial charge in [-0.15, -0.1) is 6.58 Å². The van der Waals surface area contributed by atoms with Crippen LogP contribution in [0.5, 0.6) is 11.5 Å². The number of aliphatic imine (C=N–C) groups is 1. The fourth-order valence-corrected chi connectivity index (χ4v) is 3.52. The van der Waals surface area contributed by atoms with Crippen molar-refractivity contribution in [2.24, 2.45) is 4.99 Å². The number of halogens is 1. The molecular weight excluding hydrogens is 342 g/mol. The van der Waals surface area contributed by atoms with Gasteiger partial charge in [0.2, 0.25) is 5.12 Å². The second kappa shape index (κ2) is 7.76. The average molecular weight is 356 g/mol. The van der Waals surface area contributed by atoms with Gasteiger partial charge in [0.15, 0.2) is 11.5 Å². The van der Waals surface area contributed by atoms with Crippen LogP contribution < -0.4 is 9.47 Å². The molecule has 0 spiro atoms. The number of thioether (sulfide) groups is 2. The fourth-order valence-electron chi connectivity index (χ4n) is 1.71. The Morgan fingerprint density at radius 3 is 2.68 bits per heavy atom. The van der Waals surface area contributed by atoms with Gasteiger partial charge in [-0.05, 0) is 29.5 Å². The number of nitrogens with zero attached hydrogens (tertiary/aromatic N) is 1. The van der Waals surface area contributed by atoms with Crippen LogP contribution in [0.1, 0.15) is 5.56 Å². The molecule has 0 N–H and O–H groups in total. The highest BCUT2D eigenvalue weighted by molar-refractivity contribution is 8.45. The molecule has 1 heterocycles. The Labute approximate surface area is 142 Å². The number of carbonyl (C=O) groups excluding carboxylic acids is 1. The largest absolute Gasteiger partial charge is 0.493 e. The highest BCUT2D eigenvalue weighted by Gasteiger charge is 2.22. The van der Waals surface area contributed by atoms with Crippen LogP contribution in [0.15, 0.2) is 35.5 Å². The quantitative estimate of drug-likeness (QED) is 0.583. The van der Waals surface area contributed by atoms with Gasteiger partial charge in [0.1, 0.15) is 10.1 Å². The predicted molar refractivity (Wildman–Crippen MR) is 95.2 cm³/mol. The van der Waals surface area contributed by atoms with E-state index < -0.39 is 0 Å². The van der Waals surface area contributed by atoms with Crippen LogP contribution in [0.2, 0.25) is 5.02 Å². The summed E-state index contributed by atoms with van der Waals surface area (Å²) in [6, 6.07) is 3.37. The molecule has 22 heavy (non-hydrogen) atoms. The van der Waals surface area contributed by atoms with E-state index in [1.807, 2.05) is 0 Å². The summed E-state index contributed by atoms with van der Waals surface area (Å²) in [4.78, 5) is 16.3. The van der Waals surface area contributed by atoms with Crippen LogP contribution in [-0.2, 0) is 4.79 Å². The molecule has 0 unspecified atom stereocenters. The van der Waals surface area contributed by atoms with Crippen molar-refractivity contribution in [1.82, 2.24) is 0 Å². The fraction of sp³-hybridized carbons (Fsp3) is 0.200. The molecule has 0 amide bonds. The molecule has 0 radical (unpaired) electrons. The van der Waals surface area contributed by atoms with Gasteiger partial charge in [-0.25, -0.2) is 4.99 Å². The maximum absolute atomic E-state index is 12.0. The molecule has 0 bridgehead atoms. The average Bonchev–Trinajstić information content (AvgIpc) is 2.86. The van der Waals surface area contributed by atoms with E-state index in [4.69, 9.17) is 21.1 Å². The Kier molecular flexibility index (Phi) is 5.99. The van der Waals surface area contributed by atoms with E-state index >= 15 is 0 Å². The number of benzene rings is 1. The third-order valence-electron chi connectivity index (χ3n) is 2.72. The summed E-state index contributed by atoms with van der Waals surface area (Å²) in [5, 5.41) is 0.364. The van der Waals surface area contributed by atoms with Crippen LogP contribution >= 0.6 is 35.1 Å². The summed E-state index contributed by atoms with van der Waals surface area (Å²) in [7, 11) is 3.08. The Balaban J connectivity index is 2.34. The Morgan fingerprint density at radius 2 is 2.05 bits per heavy atom. The van der Waals surface area contributed by atoms with Crippen LogP contribution in [0.3, 0.4) is 0 Å². The van der Waals surface area contributed by atoms with Gasteiger partial charge in [-0.1, -0.05) is 29.4 Å². The standard InChI is InChI=1S/C15H14ClNO3S2/c1-4-5-21-15-17-11(14(18)22-15)6-9-7-12(19-2)13(20-3)8-10(9)16/h4,6-8H,1,5H2,2-3H3. The highest BCUT2D eigenvalue weighted by atomic mass is 35.5. The van der Waals surface area contributed by atoms with Gasteiger partial charge in [0.25, 0.3) is 0 Å². The van der Waals surface area contributed by atoms with Gasteiger partial charge >= 0.3 is 0 Å². The van der Waals surface area contributed by atoms with Crippen molar-refractivity contribution in [2.45, 2.75) is 0 Å². The Bertz CT molecular complexity index is 671. The third-order valence-corrected chi connectivity index (χ3v) is 5.05. The van der Waals surface area contributed by atoms with Crippen molar-refractivity contribution in [3.05, 3.63) is 41.1 Å². The first-order valence-corrected chi connectivity index (χ1v) is 8.44. The minimum Gasteiger partial charge on any atom is -0.493 e. The monoisotopic (exact) mass is 355 g/mol. The molecule has 1 aromatic rings. The highest BCUT2D eigenvalue weighted by Crippen LogP contribution is 2.36. The summed E-state index contributed by atoms with van der Waals surface area (Å²) in [6.45, 7) is 3.65. The number of hydrogen-bond acceptors (Lipinski definition) is 6. The summed E-state index contributed by atoms with van der Waals surface area (Å²) in [5.74, 6) is 1.79. The Hall–Kier alpha value is -1.37. The topological polar surface area (TPSA) is 47.9 Å². The zero-order valence-electron chi connectivity index (χ0n) is 12.1. The first kappa shape index (κ1) is 17.0. The van der Waals surface area contributed by atoms with Gasteiger partial charge in [-0.3, -0.25) is 4.79 Å². The molecule has 0 aliphatic carbocycles. The molecule has 2 rings (SSSR count). The maximum atomic E-state index is 12.0. The normalized spacial score (nSPS) is 15.9. The molecule has 0 saturated heterocycles. The van der Waals surface area contributed by atoms with Crippen molar-refractivity contribution in [3.63, 3.8) is 0 Å². The van der Waals surface area contributed by atoms with Crippen molar-refractivity contribution in [3.8, 4) is 11.5 Å². The zero-order chi connectivity index (χ0) is 16.1. The number of hydrogen-bond donors (Lipinski definition) is 0. The van der Waals surface area contributed by atoms with Crippen LogP contribution in [0, 0.1) is 0 Å². The predicted octanol–water partition coefficient (Wildman–Crippen LogP) is 4.25. The lowest BCUT2D eigenvalue weighted by Gasteiger charge is -2.09. The van der Waals surface area contributed by atoms with E-state index in [9.17, 15) is 4.79 Å². The van der Waals surface area contributed by atoms with E-state index in [0.29, 0.717) is 37.9 Å². The molecule has 1 aromatic carbocycles. The first-order valence-electron chi connectivity index (χ1n) is 6.26. The molecule has 1 aliphatic rings. The minimum absolute atomic E-state index is 0.0996. The number of carbonyl (C=O) groups is 1. The van der Waals surface area contributed by atoms with E-state index in [0.717, 1.165) is 11.8 Å². The van der Waals surface area contributed by atoms with Gasteiger partial charge in [-0.2, -0.15) is 0 Å². The molecule has 4 nitrogen and oxygen atoms in total. The van der Waals surface area contributed by atoms with E-state index in [2.05, 4.69) is 11.6 Å². The molecule has 0 fully saturated rings. The molecule has 1 aliphatic heterocycles. The Morgan fingerprint density at radius 1 is 1.36 bits per heavy atom. The SMILES string of the molecule is C=CCSC1=NC(=Cc2cc(OC)c(OC)cc2Cl)C(=O)S1. The second-order valence-corrected chi connectivity index (χ2v) is 6.76. The van der Waals surface area contributed by atoms with Gasteiger partial charge in [0, 0.05) is 11.8 Å². The summed E-state index contributed by atoms with van der Waals surface area (Å²) in [6.07, 6.45) is 3.42. The number of methoxy groups -OCH3 is 2. The van der Waals surface area contributed by atoms with Crippen molar-refractivity contribution in [2.75, 3.05) is 20.0 Å². The van der Waals surface area contributed by atoms with Crippen LogP contribution in [0.25, 0.3) is 6.08 Å². The minimum atomic E-state index is -0.0996. The number of rotatable bonds is 5. The lowest BCUT2D eigenvalue weighted by molar-refractivity contribution is -0.107. The first-order chi connectivity index (χ1) is 10.6. The zero-order valence-corrected chi connectivity index (χ0v) is 14.5. The third kappa shape index (κ3) is 3.88. The van der Waals surface area contributed by atoms with E-state index in [1.54, 1.807) is 31.4 Å². The molecule has 7 heteroatoms. The van der Waals surface area contributed by atoms with Gasteiger partial charge in [0.05, 0.1) is 19.2 Å². The molecule has 0 saturated carbocycles. The summed E-state index contributed by atoms with van der Waals surface area (Å²) in [5.41, 5.74) is 1.02. The van der Waals surface area contributed by atoms with Crippen LogP contribution in [0.4, 0.5) is 0 Å². The van der Waals surface area contributed by atoms with Crippen molar-refractivity contribution < 1.29 is 14.3 Å². The van der Waals surface area contributed by atoms with Gasteiger partial charge < -0.3 is 9.47 Å². The van der Waals surface area contributed by atoms with E-state index in [1.165, 1.54) is 18.9 Å². The summed E-state index contributed by atoms with van der Waals surface area (Å²) < 4.78 is 11.1. The van der Waals surface area contributed by atoms with Crippen molar-refractivity contribution in [1.29, 1.82) is 0 Å². The van der Waals surface area contributed by atoms with Crippen molar-refractivity contribution >= 4 is 50.7 Å². The number of ether oxygens (including phenoxy) is 2. The smallest absolute Gasteiger partial charge is 0.244 e. The lowest BCUT2D eigenvalue weighted by atomic mass is 10.1. The molecular formula is C15H14ClNO3S2. The maximum Gasteiger partial charge on any atom is 0.244 e.